The monoisotopic (exact) mass is 334 g/mol. The Morgan fingerprint density at radius 2 is 2.05 bits per heavy atom. The van der Waals surface area contributed by atoms with E-state index in [-0.39, 0.29) is 11.7 Å². The van der Waals surface area contributed by atoms with Crippen LogP contribution in [-0.4, -0.2) is 13.2 Å². The molecule has 1 atom stereocenters. The van der Waals surface area contributed by atoms with Crippen LogP contribution in [0.15, 0.2) is 29.6 Å². The quantitative estimate of drug-likeness (QED) is 0.761. The van der Waals surface area contributed by atoms with Gasteiger partial charge in [0, 0.05) is 10.4 Å². The maximum atomic E-state index is 6.26. The van der Waals surface area contributed by atoms with E-state index in [1.807, 2.05) is 6.07 Å². The fourth-order valence-electron chi connectivity index (χ4n) is 3.64. The summed E-state index contributed by atoms with van der Waals surface area (Å²) in [5, 5.41) is 3.08. The third kappa shape index (κ3) is 2.41. The molecule has 2 heterocycles. The van der Waals surface area contributed by atoms with Crippen molar-refractivity contribution >= 4 is 22.9 Å². The minimum atomic E-state index is -0.176. The molecule has 1 aliphatic carbocycles. The molecule has 0 N–H and O–H groups in total. The van der Waals surface area contributed by atoms with E-state index >= 15 is 0 Å². The van der Waals surface area contributed by atoms with Gasteiger partial charge >= 0.3 is 0 Å². The van der Waals surface area contributed by atoms with Gasteiger partial charge in [-0.05, 0) is 59.5 Å². The molecule has 4 heteroatoms. The van der Waals surface area contributed by atoms with Gasteiger partial charge in [-0.15, -0.1) is 11.3 Å². The van der Waals surface area contributed by atoms with Crippen LogP contribution in [-0.2, 0) is 21.3 Å². The molecule has 1 aromatic carbocycles. The van der Waals surface area contributed by atoms with E-state index in [0.717, 1.165) is 17.9 Å². The molecular weight excluding hydrogens is 316 g/mol. The normalized spacial score (nSPS) is 25.4. The second-order valence-corrected chi connectivity index (χ2v) is 7.68. The van der Waals surface area contributed by atoms with Crippen LogP contribution in [0.1, 0.15) is 47.6 Å². The van der Waals surface area contributed by atoms with Crippen molar-refractivity contribution in [2.45, 2.75) is 37.9 Å². The maximum Gasteiger partial charge on any atom is 0.193 e. The van der Waals surface area contributed by atoms with Gasteiger partial charge in [-0.25, -0.2) is 0 Å². The number of ether oxygens (including phenoxy) is 2. The number of hydrogen-bond donors (Lipinski definition) is 0. The Balaban J connectivity index is 1.74. The number of halogens is 1. The van der Waals surface area contributed by atoms with Crippen molar-refractivity contribution in [2.24, 2.45) is 0 Å². The number of benzene rings is 1. The number of hydrogen-bond acceptors (Lipinski definition) is 3. The van der Waals surface area contributed by atoms with Crippen LogP contribution in [0.25, 0.3) is 0 Å². The molecule has 0 spiro atoms. The van der Waals surface area contributed by atoms with E-state index in [1.54, 1.807) is 11.3 Å². The first-order chi connectivity index (χ1) is 10.7. The molecule has 0 amide bonds. The van der Waals surface area contributed by atoms with Crippen molar-refractivity contribution < 1.29 is 9.47 Å². The SMILES string of the molecule is CC1(c2csc(C3OCCO3)c2)CCCc2ccc(Cl)cc21. The summed E-state index contributed by atoms with van der Waals surface area (Å²) in [5.41, 5.74) is 4.20. The summed E-state index contributed by atoms with van der Waals surface area (Å²) in [5.74, 6) is 0. The molecule has 4 rings (SSSR count). The lowest BCUT2D eigenvalue weighted by molar-refractivity contribution is -0.0413. The second kappa shape index (κ2) is 5.64. The van der Waals surface area contributed by atoms with Gasteiger partial charge in [-0.2, -0.15) is 0 Å². The maximum absolute atomic E-state index is 6.26. The average molecular weight is 335 g/mol. The highest BCUT2D eigenvalue weighted by atomic mass is 35.5. The van der Waals surface area contributed by atoms with Gasteiger partial charge in [0.15, 0.2) is 6.29 Å². The fraction of sp³-hybridized carbons (Fsp3) is 0.444. The summed E-state index contributed by atoms with van der Waals surface area (Å²) in [6, 6.07) is 8.60. The molecule has 0 radical (unpaired) electrons. The lowest BCUT2D eigenvalue weighted by Crippen LogP contribution is -2.28. The summed E-state index contributed by atoms with van der Waals surface area (Å²) in [6.07, 6.45) is 3.34. The van der Waals surface area contributed by atoms with E-state index < -0.39 is 0 Å². The second-order valence-electron chi connectivity index (χ2n) is 6.30. The Labute approximate surface area is 140 Å². The number of rotatable bonds is 2. The van der Waals surface area contributed by atoms with Gasteiger partial charge in [0.1, 0.15) is 0 Å². The average Bonchev–Trinajstić information content (AvgIpc) is 3.19. The van der Waals surface area contributed by atoms with Gasteiger partial charge < -0.3 is 9.47 Å². The molecule has 2 nitrogen and oxygen atoms in total. The van der Waals surface area contributed by atoms with Crippen molar-refractivity contribution in [1.82, 2.24) is 0 Å². The zero-order valence-electron chi connectivity index (χ0n) is 12.6. The Kier molecular flexibility index (Phi) is 3.77. The zero-order valence-corrected chi connectivity index (χ0v) is 14.2. The molecule has 2 aliphatic rings. The standard InChI is InChI=1S/C18H19ClO2S/c1-18(6-2-3-12-4-5-14(19)10-15(12)18)13-9-16(22-11-13)17-20-7-8-21-17/h4-5,9-11,17H,2-3,6-8H2,1H3. The van der Waals surface area contributed by atoms with E-state index in [2.05, 4.69) is 30.5 Å². The summed E-state index contributed by atoms with van der Waals surface area (Å²) in [7, 11) is 0. The van der Waals surface area contributed by atoms with Gasteiger partial charge in [-0.3, -0.25) is 0 Å². The smallest absolute Gasteiger partial charge is 0.193 e. The minimum absolute atomic E-state index is 0.0336. The van der Waals surface area contributed by atoms with Crippen LogP contribution in [0, 0.1) is 0 Å². The van der Waals surface area contributed by atoms with E-state index in [1.165, 1.54) is 28.0 Å². The fourth-order valence-corrected chi connectivity index (χ4v) is 4.84. The lowest BCUT2D eigenvalue weighted by Gasteiger charge is -2.36. The molecule has 1 unspecified atom stereocenters. The zero-order chi connectivity index (χ0) is 15.2. The Morgan fingerprint density at radius 1 is 1.23 bits per heavy atom. The van der Waals surface area contributed by atoms with Crippen LogP contribution in [0.5, 0.6) is 0 Å². The van der Waals surface area contributed by atoms with Crippen molar-refractivity contribution in [3.63, 3.8) is 0 Å². The third-order valence-corrected chi connectivity index (χ3v) is 6.09. The summed E-state index contributed by atoms with van der Waals surface area (Å²) >= 11 is 8.00. The first-order valence-corrected chi connectivity index (χ1v) is 9.04. The number of fused-ring (bicyclic) bond motifs is 1. The van der Waals surface area contributed by atoms with Crippen molar-refractivity contribution in [3.05, 3.63) is 56.2 Å². The Bertz CT molecular complexity index is 690. The van der Waals surface area contributed by atoms with E-state index in [9.17, 15) is 0 Å². The van der Waals surface area contributed by atoms with Gasteiger partial charge in [0.05, 0.1) is 18.1 Å². The van der Waals surface area contributed by atoms with Crippen molar-refractivity contribution in [1.29, 1.82) is 0 Å². The molecular formula is C18H19ClO2S. The van der Waals surface area contributed by atoms with Gasteiger partial charge in [-0.1, -0.05) is 24.6 Å². The van der Waals surface area contributed by atoms with Crippen LogP contribution >= 0.6 is 22.9 Å². The molecule has 116 valence electrons. The Hall–Kier alpha value is -0.870. The minimum Gasteiger partial charge on any atom is -0.345 e. The molecule has 22 heavy (non-hydrogen) atoms. The molecule has 2 aromatic rings. The summed E-state index contributed by atoms with van der Waals surface area (Å²) in [4.78, 5) is 1.17. The highest BCUT2D eigenvalue weighted by Crippen LogP contribution is 2.45. The number of thiophene rings is 1. The molecule has 1 aliphatic heterocycles. The van der Waals surface area contributed by atoms with Crippen LogP contribution in [0.3, 0.4) is 0 Å². The molecule has 0 bridgehead atoms. The predicted molar refractivity (Wildman–Crippen MR) is 89.8 cm³/mol. The largest absolute Gasteiger partial charge is 0.345 e. The van der Waals surface area contributed by atoms with E-state index in [4.69, 9.17) is 21.1 Å². The highest BCUT2D eigenvalue weighted by Gasteiger charge is 2.35. The lowest BCUT2D eigenvalue weighted by atomic mass is 9.68. The van der Waals surface area contributed by atoms with E-state index in [0.29, 0.717) is 13.2 Å². The van der Waals surface area contributed by atoms with Crippen molar-refractivity contribution in [3.8, 4) is 0 Å². The molecule has 0 saturated carbocycles. The predicted octanol–water partition coefficient (Wildman–Crippen LogP) is 5.09. The summed E-state index contributed by atoms with van der Waals surface area (Å²) < 4.78 is 11.3. The topological polar surface area (TPSA) is 18.5 Å². The van der Waals surface area contributed by atoms with Gasteiger partial charge in [0.25, 0.3) is 0 Å². The molecule has 1 saturated heterocycles. The van der Waals surface area contributed by atoms with Gasteiger partial charge in [0.2, 0.25) is 0 Å². The summed E-state index contributed by atoms with van der Waals surface area (Å²) in [6.45, 7) is 3.71. The first kappa shape index (κ1) is 14.7. The van der Waals surface area contributed by atoms with Crippen molar-refractivity contribution in [2.75, 3.05) is 13.2 Å². The third-order valence-electron chi connectivity index (χ3n) is 4.90. The van der Waals surface area contributed by atoms with Crippen LogP contribution in [0.4, 0.5) is 0 Å². The van der Waals surface area contributed by atoms with Crippen LogP contribution in [0.2, 0.25) is 5.02 Å². The molecule has 1 aromatic heterocycles. The molecule has 1 fully saturated rings. The highest BCUT2D eigenvalue weighted by molar-refractivity contribution is 7.10. The van der Waals surface area contributed by atoms with Crippen LogP contribution < -0.4 is 0 Å². The number of aryl methyl sites for hydroxylation is 1. The Morgan fingerprint density at radius 3 is 2.86 bits per heavy atom. The first-order valence-electron chi connectivity index (χ1n) is 7.78.